The molecule has 1 heterocycles. The molecule has 0 spiro atoms. The van der Waals surface area contributed by atoms with E-state index < -0.39 is 23.6 Å². The number of hydrogen-bond donors (Lipinski definition) is 1. The van der Waals surface area contributed by atoms with Crippen molar-refractivity contribution in [3.05, 3.63) is 82.4 Å². The molecule has 1 aliphatic heterocycles. The molecular weight excluding hydrogens is 409 g/mol. The Morgan fingerprint density at radius 3 is 2.16 bits per heavy atom. The minimum atomic E-state index is -4.40. The number of hydrogen-bond acceptors (Lipinski definition) is 5. The molecule has 5 nitrogen and oxygen atoms in total. The van der Waals surface area contributed by atoms with Crippen LogP contribution in [0.25, 0.3) is 11.1 Å². The minimum absolute atomic E-state index is 0.0796. The maximum Gasteiger partial charge on any atom is 0.416 e. The van der Waals surface area contributed by atoms with Crippen molar-refractivity contribution in [2.24, 2.45) is 5.73 Å². The van der Waals surface area contributed by atoms with E-state index in [-0.39, 0.29) is 29.4 Å². The van der Waals surface area contributed by atoms with Gasteiger partial charge in [-0.25, -0.2) is 4.79 Å². The molecule has 0 radical (unpaired) electrons. The number of benzene rings is 2. The number of nitrogens with two attached hydrogens (primary N) is 1. The van der Waals surface area contributed by atoms with E-state index in [4.69, 9.17) is 15.2 Å². The van der Waals surface area contributed by atoms with Crippen molar-refractivity contribution in [2.75, 3.05) is 6.61 Å². The highest BCUT2D eigenvalue weighted by atomic mass is 19.4. The Morgan fingerprint density at radius 2 is 1.68 bits per heavy atom. The first-order valence-corrected chi connectivity index (χ1v) is 9.40. The van der Waals surface area contributed by atoms with E-state index >= 15 is 0 Å². The third-order valence-corrected chi connectivity index (χ3v) is 4.89. The molecule has 0 amide bonds. The molecule has 0 aliphatic carbocycles. The standard InChI is InChI=1S/C23H19F3N2O3/c1-3-30-22(29)19-13(2)31-21(28)18(12-27)20(19)16-6-4-14(5-7-16)15-8-10-17(11-9-15)23(24,25)26/h4-11,20H,3,28H2,1-2H3. The first-order valence-electron chi connectivity index (χ1n) is 9.40. The van der Waals surface area contributed by atoms with Gasteiger partial charge in [0.2, 0.25) is 5.88 Å². The van der Waals surface area contributed by atoms with Gasteiger partial charge >= 0.3 is 12.1 Å². The van der Waals surface area contributed by atoms with E-state index in [0.29, 0.717) is 16.7 Å². The van der Waals surface area contributed by atoms with Gasteiger partial charge in [-0.05, 0) is 42.7 Å². The molecule has 2 N–H and O–H groups in total. The second kappa shape index (κ2) is 8.56. The fourth-order valence-electron chi connectivity index (χ4n) is 3.41. The quantitative estimate of drug-likeness (QED) is 0.692. The number of esters is 1. The van der Waals surface area contributed by atoms with Crippen molar-refractivity contribution in [3.8, 4) is 17.2 Å². The first-order chi connectivity index (χ1) is 14.7. The molecule has 1 unspecified atom stereocenters. The molecule has 0 fully saturated rings. The number of carbonyl (C=O) groups excluding carboxylic acids is 1. The van der Waals surface area contributed by atoms with Gasteiger partial charge in [-0.15, -0.1) is 0 Å². The maximum atomic E-state index is 12.8. The van der Waals surface area contributed by atoms with E-state index in [1.165, 1.54) is 12.1 Å². The van der Waals surface area contributed by atoms with Gasteiger partial charge in [-0.1, -0.05) is 36.4 Å². The van der Waals surface area contributed by atoms with Crippen LogP contribution in [-0.4, -0.2) is 12.6 Å². The summed E-state index contributed by atoms with van der Waals surface area (Å²) in [6, 6.07) is 13.6. The number of carbonyl (C=O) groups is 1. The summed E-state index contributed by atoms with van der Waals surface area (Å²) < 4.78 is 48.8. The van der Waals surface area contributed by atoms with Crippen LogP contribution in [0.3, 0.4) is 0 Å². The van der Waals surface area contributed by atoms with Crippen molar-refractivity contribution in [1.82, 2.24) is 0 Å². The zero-order chi connectivity index (χ0) is 22.8. The molecule has 0 saturated carbocycles. The number of alkyl halides is 3. The predicted octanol–water partition coefficient (Wildman–Crippen LogP) is 5.02. The second-order valence-electron chi connectivity index (χ2n) is 6.81. The van der Waals surface area contributed by atoms with Gasteiger partial charge in [-0.3, -0.25) is 0 Å². The lowest BCUT2D eigenvalue weighted by Crippen LogP contribution is -2.25. The summed E-state index contributed by atoms with van der Waals surface area (Å²) in [4.78, 5) is 12.5. The Bertz CT molecular complexity index is 1090. The summed E-state index contributed by atoms with van der Waals surface area (Å²) in [7, 11) is 0. The normalized spacial score (nSPS) is 16.6. The van der Waals surface area contributed by atoms with Gasteiger partial charge in [0.15, 0.2) is 0 Å². The van der Waals surface area contributed by atoms with E-state index in [1.807, 2.05) is 6.07 Å². The number of nitriles is 1. The summed E-state index contributed by atoms with van der Waals surface area (Å²) in [6.45, 7) is 3.38. The molecule has 0 bridgehead atoms. The number of ether oxygens (including phenoxy) is 2. The van der Waals surface area contributed by atoms with Gasteiger partial charge in [0.05, 0.1) is 23.7 Å². The molecule has 0 aromatic heterocycles. The van der Waals surface area contributed by atoms with Crippen LogP contribution in [-0.2, 0) is 20.4 Å². The Morgan fingerprint density at radius 1 is 1.13 bits per heavy atom. The summed E-state index contributed by atoms with van der Waals surface area (Å²) >= 11 is 0. The fourth-order valence-corrected chi connectivity index (χ4v) is 3.41. The van der Waals surface area contributed by atoms with E-state index in [2.05, 4.69) is 0 Å². The molecule has 0 saturated heterocycles. The monoisotopic (exact) mass is 428 g/mol. The highest BCUT2D eigenvalue weighted by molar-refractivity contribution is 5.92. The average Bonchev–Trinajstić information content (AvgIpc) is 2.73. The SMILES string of the molecule is CCOC(=O)C1=C(C)OC(N)=C(C#N)C1c1ccc(-c2ccc(C(F)(F)F)cc2)cc1. The van der Waals surface area contributed by atoms with Crippen molar-refractivity contribution in [2.45, 2.75) is 25.9 Å². The van der Waals surface area contributed by atoms with Crippen LogP contribution in [0.2, 0.25) is 0 Å². The van der Waals surface area contributed by atoms with Gasteiger partial charge in [0.1, 0.15) is 17.4 Å². The van der Waals surface area contributed by atoms with E-state index in [9.17, 15) is 23.2 Å². The zero-order valence-electron chi connectivity index (χ0n) is 16.8. The van der Waals surface area contributed by atoms with Crippen LogP contribution in [0.1, 0.15) is 30.9 Å². The van der Waals surface area contributed by atoms with Crippen LogP contribution in [0.15, 0.2) is 71.3 Å². The molecule has 2 aromatic carbocycles. The summed E-state index contributed by atoms with van der Waals surface area (Å²) in [5.41, 5.74) is 7.27. The Labute approximate surface area is 177 Å². The third kappa shape index (κ3) is 4.40. The zero-order valence-corrected chi connectivity index (χ0v) is 16.8. The van der Waals surface area contributed by atoms with Gasteiger partial charge in [0.25, 0.3) is 0 Å². The van der Waals surface area contributed by atoms with Crippen LogP contribution in [0.4, 0.5) is 13.2 Å². The summed E-state index contributed by atoms with van der Waals surface area (Å²) in [5, 5.41) is 9.60. The Kier molecular flexibility index (Phi) is 6.07. The van der Waals surface area contributed by atoms with E-state index in [1.54, 1.807) is 38.1 Å². The van der Waals surface area contributed by atoms with Crippen molar-refractivity contribution >= 4 is 5.97 Å². The van der Waals surface area contributed by atoms with Crippen molar-refractivity contribution < 1.29 is 27.4 Å². The topological polar surface area (TPSA) is 85.3 Å². The molecule has 160 valence electrons. The first kappa shape index (κ1) is 22.0. The van der Waals surface area contributed by atoms with Crippen LogP contribution >= 0.6 is 0 Å². The molecule has 31 heavy (non-hydrogen) atoms. The second-order valence-corrected chi connectivity index (χ2v) is 6.81. The van der Waals surface area contributed by atoms with Gasteiger partial charge < -0.3 is 15.2 Å². The highest BCUT2D eigenvalue weighted by Crippen LogP contribution is 2.40. The lowest BCUT2D eigenvalue weighted by Gasteiger charge is -2.27. The predicted molar refractivity (Wildman–Crippen MR) is 107 cm³/mol. The number of allylic oxidation sites excluding steroid dienone is 2. The van der Waals surface area contributed by atoms with Crippen LogP contribution in [0, 0.1) is 11.3 Å². The van der Waals surface area contributed by atoms with Gasteiger partial charge in [-0.2, -0.15) is 18.4 Å². The smallest absolute Gasteiger partial charge is 0.416 e. The summed E-state index contributed by atoms with van der Waals surface area (Å²) in [6.07, 6.45) is -4.40. The lowest BCUT2D eigenvalue weighted by molar-refractivity contribution is -0.139. The molecule has 2 aromatic rings. The molecular formula is C23H19F3N2O3. The highest BCUT2D eigenvalue weighted by Gasteiger charge is 2.36. The van der Waals surface area contributed by atoms with Crippen molar-refractivity contribution in [1.29, 1.82) is 5.26 Å². The lowest BCUT2D eigenvalue weighted by atomic mass is 9.82. The fraction of sp³-hybridized carbons (Fsp3) is 0.217. The van der Waals surface area contributed by atoms with Crippen LogP contribution in [0.5, 0.6) is 0 Å². The minimum Gasteiger partial charge on any atom is -0.463 e. The van der Waals surface area contributed by atoms with Crippen molar-refractivity contribution in [3.63, 3.8) is 0 Å². The third-order valence-electron chi connectivity index (χ3n) is 4.89. The molecule has 8 heteroatoms. The average molecular weight is 428 g/mol. The number of rotatable bonds is 4. The maximum absolute atomic E-state index is 12.8. The van der Waals surface area contributed by atoms with E-state index in [0.717, 1.165) is 12.1 Å². The summed E-state index contributed by atoms with van der Waals surface area (Å²) in [5.74, 6) is -1.24. The molecule has 1 atom stereocenters. The number of halogens is 3. The Balaban J connectivity index is 1.99. The van der Waals surface area contributed by atoms with Crippen LogP contribution < -0.4 is 5.73 Å². The van der Waals surface area contributed by atoms with Gasteiger partial charge in [0, 0.05) is 0 Å². The largest absolute Gasteiger partial charge is 0.463 e. The molecule has 3 rings (SSSR count). The number of nitrogens with zero attached hydrogens (tertiary/aromatic N) is 1. The molecule has 1 aliphatic rings. The Hall–Kier alpha value is -3.73.